The molecule has 0 aliphatic heterocycles. The number of hydrogen-bond donors (Lipinski definition) is 1. The summed E-state index contributed by atoms with van der Waals surface area (Å²) in [5.74, 6) is 0.145. The topological polar surface area (TPSA) is 43.1 Å². The van der Waals surface area contributed by atoms with Crippen LogP contribution in [-0.4, -0.2) is 5.91 Å². The maximum Gasteiger partial charge on any atom is 0.220 e. The summed E-state index contributed by atoms with van der Waals surface area (Å²) in [6, 6.07) is 5.59. The predicted octanol–water partition coefficient (Wildman–Crippen LogP) is 3.75. The first-order valence-corrected chi connectivity index (χ1v) is 6.57. The lowest BCUT2D eigenvalue weighted by atomic mass is 9.78. The lowest BCUT2D eigenvalue weighted by Gasteiger charge is -2.27. The minimum Gasteiger partial charge on any atom is -0.369 e. The van der Waals surface area contributed by atoms with Crippen LogP contribution in [0.5, 0.6) is 0 Å². The smallest absolute Gasteiger partial charge is 0.220 e. The number of rotatable bonds is 2. The van der Waals surface area contributed by atoms with E-state index in [2.05, 4.69) is 0 Å². The molecule has 0 heterocycles. The molecule has 2 nitrogen and oxygen atoms in total. The number of benzene rings is 1. The summed E-state index contributed by atoms with van der Waals surface area (Å²) in [4.78, 5) is 11.2. The van der Waals surface area contributed by atoms with Gasteiger partial charge in [0, 0.05) is 16.0 Å². The Morgan fingerprint density at radius 1 is 1.18 bits per heavy atom. The molecule has 2 N–H and O–H groups in total. The molecular weight excluding hydrogens is 257 g/mol. The van der Waals surface area contributed by atoms with Gasteiger partial charge in [-0.25, -0.2) is 0 Å². The van der Waals surface area contributed by atoms with Gasteiger partial charge in [-0.2, -0.15) is 0 Å². The minimum absolute atomic E-state index is 0.00786. The fourth-order valence-electron chi connectivity index (χ4n) is 2.56. The average molecular weight is 272 g/mol. The molecule has 0 bridgehead atoms. The molecule has 0 radical (unpaired) electrons. The molecular formula is C13H15Cl2NO. The molecule has 17 heavy (non-hydrogen) atoms. The van der Waals surface area contributed by atoms with Gasteiger partial charge in [0.2, 0.25) is 5.91 Å². The fourth-order valence-corrected chi connectivity index (χ4v) is 3.10. The maximum absolute atomic E-state index is 11.2. The lowest BCUT2D eigenvalue weighted by Crippen LogP contribution is -2.27. The first-order chi connectivity index (χ1) is 8.06. The number of primary amides is 1. The van der Waals surface area contributed by atoms with Gasteiger partial charge in [-0.05, 0) is 48.9 Å². The van der Waals surface area contributed by atoms with E-state index in [1.54, 1.807) is 6.07 Å². The zero-order valence-electron chi connectivity index (χ0n) is 9.46. The summed E-state index contributed by atoms with van der Waals surface area (Å²) < 4.78 is 0. The highest BCUT2D eigenvalue weighted by atomic mass is 35.5. The van der Waals surface area contributed by atoms with Crippen LogP contribution >= 0.6 is 23.2 Å². The maximum atomic E-state index is 11.2. The number of halogens is 2. The third-order valence-electron chi connectivity index (χ3n) is 3.43. The van der Waals surface area contributed by atoms with Crippen LogP contribution < -0.4 is 5.73 Å². The molecule has 1 saturated carbocycles. The van der Waals surface area contributed by atoms with Gasteiger partial charge in [-0.15, -0.1) is 0 Å². The Labute approximate surface area is 111 Å². The Hall–Kier alpha value is -0.730. The molecule has 92 valence electrons. The van der Waals surface area contributed by atoms with Gasteiger partial charge < -0.3 is 5.73 Å². The zero-order valence-corrected chi connectivity index (χ0v) is 11.0. The standard InChI is InChI=1S/C13H15Cl2NO/c14-11-5-10(6-12(15)7-11)8-2-1-3-9(4-8)13(16)17/h5-9H,1-4H2,(H2,16,17). The Kier molecular flexibility index (Phi) is 3.95. The van der Waals surface area contributed by atoms with Crippen LogP contribution in [0.25, 0.3) is 0 Å². The number of carbonyl (C=O) groups excluding carboxylic acids is 1. The molecule has 1 aromatic rings. The molecule has 2 unspecified atom stereocenters. The van der Waals surface area contributed by atoms with Crippen molar-refractivity contribution in [1.29, 1.82) is 0 Å². The van der Waals surface area contributed by atoms with Crippen molar-refractivity contribution in [3.8, 4) is 0 Å². The monoisotopic (exact) mass is 271 g/mol. The van der Waals surface area contributed by atoms with E-state index in [0.717, 1.165) is 31.2 Å². The molecule has 1 aliphatic carbocycles. The summed E-state index contributed by atoms with van der Waals surface area (Å²) in [5.41, 5.74) is 6.50. The first kappa shape index (κ1) is 12.7. The van der Waals surface area contributed by atoms with E-state index in [1.807, 2.05) is 12.1 Å². The molecule has 0 saturated heterocycles. The van der Waals surface area contributed by atoms with Crippen LogP contribution in [0, 0.1) is 5.92 Å². The predicted molar refractivity (Wildman–Crippen MR) is 70.4 cm³/mol. The molecule has 4 heteroatoms. The largest absolute Gasteiger partial charge is 0.369 e. The van der Waals surface area contributed by atoms with Crippen molar-refractivity contribution in [2.24, 2.45) is 11.7 Å². The molecule has 1 aromatic carbocycles. The van der Waals surface area contributed by atoms with Gasteiger partial charge in [0.1, 0.15) is 0 Å². The van der Waals surface area contributed by atoms with Gasteiger partial charge >= 0.3 is 0 Å². The molecule has 2 atom stereocenters. The molecule has 1 fully saturated rings. The van der Waals surface area contributed by atoms with Crippen molar-refractivity contribution in [3.63, 3.8) is 0 Å². The van der Waals surface area contributed by atoms with Crippen LogP contribution in [0.2, 0.25) is 10.0 Å². The highest BCUT2D eigenvalue weighted by Crippen LogP contribution is 2.37. The second-order valence-electron chi connectivity index (χ2n) is 4.67. The van der Waals surface area contributed by atoms with Crippen molar-refractivity contribution in [2.75, 3.05) is 0 Å². The van der Waals surface area contributed by atoms with E-state index in [0.29, 0.717) is 16.0 Å². The van der Waals surface area contributed by atoms with Crippen LogP contribution in [0.1, 0.15) is 37.2 Å². The van der Waals surface area contributed by atoms with E-state index in [1.165, 1.54) is 0 Å². The summed E-state index contributed by atoms with van der Waals surface area (Å²) in [6.45, 7) is 0. The van der Waals surface area contributed by atoms with Gasteiger partial charge in [0.15, 0.2) is 0 Å². The summed E-state index contributed by atoms with van der Waals surface area (Å²) in [6.07, 6.45) is 3.81. The highest BCUT2D eigenvalue weighted by molar-refractivity contribution is 6.34. The van der Waals surface area contributed by atoms with Gasteiger partial charge in [0.05, 0.1) is 0 Å². The third kappa shape index (κ3) is 3.14. The van der Waals surface area contributed by atoms with Crippen LogP contribution in [0.3, 0.4) is 0 Å². The Bertz CT molecular complexity index is 413. The Morgan fingerprint density at radius 3 is 2.41 bits per heavy atom. The van der Waals surface area contributed by atoms with Crippen molar-refractivity contribution in [2.45, 2.75) is 31.6 Å². The van der Waals surface area contributed by atoms with Gasteiger partial charge in [0.25, 0.3) is 0 Å². The van der Waals surface area contributed by atoms with Crippen molar-refractivity contribution in [1.82, 2.24) is 0 Å². The second kappa shape index (κ2) is 5.28. The number of carbonyl (C=O) groups is 1. The van der Waals surface area contributed by atoms with Gasteiger partial charge in [-0.1, -0.05) is 29.6 Å². The van der Waals surface area contributed by atoms with Gasteiger partial charge in [-0.3, -0.25) is 4.79 Å². The third-order valence-corrected chi connectivity index (χ3v) is 3.87. The number of nitrogens with two attached hydrogens (primary N) is 1. The van der Waals surface area contributed by atoms with Crippen molar-refractivity contribution >= 4 is 29.1 Å². The Balaban J connectivity index is 2.18. The molecule has 0 aromatic heterocycles. The lowest BCUT2D eigenvalue weighted by molar-refractivity contribution is -0.122. The SMILES string of the molecule is NC(=O)C1CCCC(c2cc(Cl)cc(Cl)c2)C1. The van der Waals surface area contributed by atoms with E-state index in [9.17, 15) is 4.79 Å². The summed E-state index contributed by atoms with van der Waals surface area (Å²) in [7, 11) is 0. The normalized spacial score (nSPS) is 24.6. The van der Waals surface area contributed by atoms with E-state index >= 15 is 0 Å². The first-order valence-electron chi connectivity index (χ1n) is 5.81. The van der Waals surface area contributed by atoms with E-state index in [-0.39, 0.29) is 11.8 Å². The van der Waals surface area contributed by atoms with Crippen LogP contribution in [0.15, 0.2) is 18.2 Å². The van der Waals surface area contributed by atoms with Crippen molar-refractivity contribution in [3.05, 3.63) is 33.8 Å². The second-order valence-corrected chi connectivity index (χ2v) is 5.54. The van der Waals surface area contributed by atoms with E-state index in [4.69, 9.17) is 28.9 Å². The average Bonchev–Trinajstić information content (AvgIpc) is 2.28. The highest BCUT2D eigenvalue weighted by Gasteiger charge is 2.26. The number of amides is 1. The fraction of sp³-hybridized carbons (Fsp3) is 0.462. The molecule has 1 aliphatic rings. The summed E-state index contributed by atoms with van der Waals surface area (Å²) >= 11 is 12.0. The summed E-state index contributed by atoms with van der Waals surface area (Å²) in [5, 5.41) is 1.29. The van der Waals surface area contributed by atoms with Crippen LogP contribution in [0.4, 0.5) is 0 Å². The van der Waals surface area contributed by atoms with Crippen LogP contribution in [-0.2, 0) is 4.79 Å². The quantitative estimate of drug-likeness (QED) is 0.875. The molecule has 1 amide bonds. The van der Waals surface area contributed by atoms with Crippen molar-refractivity contribution < 1.29 is 4.79 Å². The molecule has 2 rings (SSSR count). The number of hydrogen-bond acceptors (Lipinski definition) is 1. The van der Waals surface area contributed by atoms with E-state index < -0.39 is 0 Å². The minimum atomic E-state index is -0.192. The Morgan fingerprint density at radius 2 is 1.82 bits per heavy atom. The zero-order chi connectivity index (χ0) is 12.4. The molecule has 0 spiro atoms.